The highest BCUT2D eigenvalue weighted by Gasteiger charge is 2.02. The zero-order valence-corrected chi connectivity index (χ0v) is 13.9. The molecule has 102 valence electrons. The number of nitrogens with zero attached hydrogens (tertiary/aromatic N) is 3. The van der Waals surface area contributed by atoms with Crippen molar-refractivity contribution >= 4 is 47.1 Å². The van der Waals surface area contributed by atoms with Gasteiger partial charge in [-0.15, -0.1) is 35.3 Å². The number of halogens is 1. The number of aliphatic imine (C=N–C) groups is 1. The third-order valence-electron chi connectivity index (χ3n) is 2.38. The number of hydrogen-bond acceptors (Lipinski definition) is 4. The lowest BCUT2D eigenvalue weighted by atomic mass is 10.4. The van der Waals surface area contributed by atoms with Crippen molar-refractivity contribution in [2.45, 2.75) is 20.4 Å². The van der Waals surface area contributed by atoms with E-state index in [0.29, 0.717) is 18.3 Å². The second-order valence-electron chi connectivity index (χ2n) is 3.79. The van der Waals surface area contributed by atoms with Crippen LogP contribution in [-0.2, 0) is 6.54 Å². The summed E-state index contributed by atoms with van der Waals surface area (Å²) in [5, 5.41) is 3.90. The quantitative estimate of drug-likeness (QED) is 0.481. The Hall–Kier alpha value is -1.22. The molecule has 0 saturated carbocycles. The third-order valence-corrected chi connectivity index (χ3v) is 3.44. The second kappa shape index (κ2) is 7.39. The minimum absolute atomic E-state index is 0. The van der Waals surface area contributed by atoms with Gasteiger partial charge in [-0.25, -0.2) is 15.0 Å². The smallest absolute Gasteiger partial charge is 0.194 e. The van der Waals surface area contributed by atoms with E-state index in [0.717, 1.165) is 10.7 Å². The van der Waals surface area contributed by atoms with Gasteiger partial charge < -0.3 is 11.1 Å². The Labute approximate surface area is 133 Å². The number of anilines is 1. The predicted molar refractivity (Wildman–Crippen MR) is 90.2 cm³/mol. The van der Waals surface area contributed by atoms with Crippen LogP contribution in [0.15, 0.2) is 29.4 Å². The number of hydrogen-bond donors (Lipinski definition) is 2. The number of rotatable bonds is 3. The zero-order chi connectivity index (χ0) is 13.0. The molecule has 7 heteroatoms. The predicted octanol–water partition coefficient (Wildman–Crippen LogP) is 2.70. The number of aromatic nitrogens is 2. The van der Waals surface area contributed by atoms with Crippen LogP contribution in [0.5, 0.6) is 0 Å². The van der Waals surface area contributed by atoms with Gasteiger partial charge in [-0.3, -0.25) is 0 Å². The molecule has 2 rings (SSSR count). The molecular weight excluding hydrogens is 373 g/mol. The van der Waals surface area contributed by atoms with Gasteiger partial charge in [-0.05, 0) is 26.0 Å². The van der Waals surface area contributed by atoms with Crippen molar-refractivity contribution in [3.63, 3.8) is 0 Å². The van der Waals surface area contributed by atoms with Crippen LogP contribution in [0.2, 0.25) is 0 Å². The molecule has 0 radical (unpaired) electrons. The average molecular weight is 389 g/mol. The molecule has 0 atom stereocenters. The topological polar surface area (TPSA) is 76.2 Å². The summed E-state index contributed by atoms with van der Waals surface area (Å²) in [5.41, 5.74) is 6.83. The molecule has 0 spiro atoms. The van der Waals surface area contributed by atoms with E-state index in [1.54, 1.807) is 17.5 Å². The summed E-state index contributed by atoms with van der Waals surface area (Å²) < 4.78 is 0. The fourth-order valence-corrected chi connectivity index (χ4v) is 2.23. The van der Waals surface area contributed by atoms with E-state index in [1.807, 2.05) is 25.1 Å². The van der Waals surface area contributed by atoms with Gasteiger partial charge in [-0.2, -0.15) is 0 Å². The van der Waals surface area contributed by atoms with Crippen molar-refractivity contribution < 1.29 is 0 Å². The molecule has 0 aliphatic carbocycles. The summed E-state index contributed by atoms with van der Waals surface area (Å²) in [7, 11) is 0. The number of nitrogens with one attached hydrogen (secondary N) is 1. The molecule has 0 aromatic carbocycles. The Morgan fingerprint density at radius 3 is 2.79 bits per heavy atom. The second-order valence-corrected chi connectivity index (χ2v) is 5.08. The van der Waals surface area contributed by atoms with Crippen molar-refractivity contribution in [2.24, 2.45) is 10.7 Å². The Morgan fingerprint density at radius 1 is 1.42 bits per heavy atom. The summed E-state index contributed by atoms with van der Waals surface area (Å²) in [6.45, 7) is 4.54. The van der Waals surface area contributed by atoms with Gasteiger partial charge in [0.2, 0.25) is 0 Å². The molecule has 0 fully saturated rings. The first-order valence-electron chi connectivity index (χ1n) is 5.56. The summed E-state index contributed by atoms with van der Waals surface area (Å²) in [6, 6.07) is 5.57. The molecule has 0 saturated heterocycles. The standard InChI is InChI=1S/C12H15N5S.HI/c1-8-9(2)18-11(16-8)7-15-12(13)17-10-5-3-4-6-14-10;/h3-6H,7H2,1-2H3,(H3,13,14,15,17);1H. The molecule has 3 N–H and O–H groups in total. The van der Waals surface area contributed by atoms with Gasteiger partial charge in [0.25, 0.3) is 0 Å². The van der Waals surface area contributed by atoms with Gasteiger partial charge in [0, 0.05) is 11.1 Å². The summed E-state index contributed by atoms with van der Waals surface area (Å²) in [4.78, 5) is 14.0. The summed E-state index contributed by atoms with van der Waals surface area (Å²) >= 11 is 1.65. The van der Waals surface area contributed by atoms with Crippen molar-refractivity contribution in [1.29, 1.82) is 0 Å². The highest BCUT2D eigenvalue weighted by molar-refractivity contribution is 14.0. The lowest BCUT2D eigenvalue weighted by Gasteiger charge is -2.02. The fourth-order valence-electron chi connectivity index (χ4n) is 1.37. The van der Waals surface area contributed by atoms with E-state index in [1.165, 1.54) is 4.88 Å². The molecule has 2 aromatic rings. The monoisotopic (exact) mass is 389 g/mol. The van der Waals surface area contributed by atoms with Crippen LogP contribution in [0.4, 0.5) is 5.82 Å². The third kappa shape index (κ3) is 4.75. The molecule has 2 aromatic heterocycles. The van der Waals surface area contributed by atoms with E-state index >= 15 is 0 Å². The van der Waals surface area contributed by atoms with E-state index in [9.17, 15) is 0 Å². The van der Waals surface area contributed by atoms with E-state index < -0.39 is 0 Å². The molecule has 19 heavy (non-hydrogen) atoms. The van der Waals surface area contributed by atoms with Crippen LogP contribution in [-0.4, -0.2) is 15.9 Å². The minimum atomic E-state index is 0. The van der Waals surface area contributed by atoms with Crippen molar-refractivity contribution in [1.82, 2.24) is 9.97 Å². The van der Waals surface area contributed by atoms with Crippen LogP contribution >= 0.6 is 35.3 Å². The number of pyridine rings is 1. The Bertz CT molecular complexity index is 533. The Kier molecular flexibility index (Phi) is 6.16. The van der Waals surface area contributed by atoms with Crippen LogP contribution in [0.1, 0.15) is 15.6 Å². The molecule has 0 bridgehead atoms. The first-order valence-corrected chi connectivity index (χ1v) is 6.37. The van der Waals surface area contributed by atoms with Gasteiger partial charge in [-0.1, -0.05) is 6.07 Å². The molecule has 0 amide bonds. The van der Waals surface area contributed by atoms with Crippen molar-refractivity contribution in [3.8, 4) is 0 Å². The van der Waals surface area contributed by atoms with E-state index in [-0.39, 0.29) is 24.0 Å². The lowest BCUT2D eigenvalue weighted by molar-refractivity contribution is 1.01. The van der Waals surface area contributed by atoms with Gasteiger partial charge in [0.15, 0.2) is 5.96 Å². The van der Waals surface area contributed by atoms with Crippen molar-refractivity contribution in [2.75, 3.05) is 5.32 Å². The number of guanidine groups is 1. The molecule has 0 unspecified atom stereocenters. The van der Waals surface area contributed by atoms with Crippen LogP contribution in [0, 0.1) is 13.8 Å². The molecule has 2 heterocycles. The molecule has 0 aliphatic rings. The number of thiazole rings is 1. The summed E-state index contributed by atoms with van der Waals surface area (Å²) in [5.74, 6) is 1.03. The minimum Gasteiger partial charge on any atom is -0.370 e. The number of aryl methyl sites for hydroxylation is 2. The number of nitrogens with two attached hydrogens (primary N) is 1. The first-order chi connectivity index (χ1) is 8.65. The highest BCUT2D eigenvalue weighted by Crippen LogP contribution is 2.16. The summed E-state index contributed by atoms with van der Waals surface area (Å²) in [6.07, 6.45) is 1.70. The molecule has 5 nitrogen and oxygen atoms in total. The van der Waals surface area contributed by atoms with Crippen LogP contribution < -0.4 is 11.1 Å². The molecular formula is C12H16IN5S. The SMILES string of the molecule is Cc1nc(CN=C(N)Nc2ccccn2)sc1C.I. The fraction of sp³-hybridized carbons (Fsp3) is 0.250. The maximum absolute atomic E-state index is 5.77. The maximum Gasteiger partial charge on any atom is 0.194 e. The first kappa shape index (κ1) is 15.8. The van der Waals surface area contributed by atoms with Crippen molar-refractivity contribution in [3.05, 3.63) is 40.0 Å². The van der Waals surface area contributed by atoms with Gasteiger partial charge in [0.05, 0.1) is 12.2 Å². The average Bonchev–Trinajstić information content (AvgIpc) is 2.68. The van der Waals surface area contributed by atoms with Crippen LogP contribution in [0.25, 0.3) is 0 Å². The van der Waals surface area contributed by atoms with Gasteiger partial charge in [0.1, 0.15) is 10.8 Å². The highest BCUT2D eigenvalue weighted by atomic mass is 127. The normalized spacial score (nSPS) is 10.9. The maximum atomic E-state index is 5.77. The van der Waals surface area contributed by atoms with E-state index in [4.69, 9.17) is 5.73 Å². The van der Waals surface area contributed by atoms with Crippen LogP contribution in [0.3, 0.4) is 0 Å². The van der Waals surface area contributed by atoms with E-state index in [2.05, 4.69) is 27.2 Å². The zero-order valence-electron chi connectivity index (χ0n) is 10.8. The lowest BCUT2D eigenvalue weighted by Crippen LogP contribution is -2.23. The Morgan fingerprint density at radius 2 is 2.21 bits per heavy atom. The largest absolute Gasteiger partial charge is 0.370 e. The Balaban J connectivity index is 0.00000180. The van der Waals surface area contributed by atoms with Gasteiger partial charge >= 0.3 is 0 Å². The molecule has 0 aliphatic heterocycles.